The van der Waals surface area contributed by atoms with E-state index in [1.165, 1.54) is 21.6 Å². The van der Waals surface area contributed by atoms with Crippen molar-refractivity contribution >= 4 is 44.4 Å². The van der Waals surface area contributed by atoms with Crippen LogP contribution in [-0.4, -0.2) is 47.7 Å². The SMILES string of the molecule is CCN(CC)CCN(C(=O)CCCSc1ccc(C)cc1)c1nc2cc(C)c(C)cc2s1. The molecule has 0 fully saturated rings. The van der Waals surface area contributed by atoms with E-state index in [2.05, 4.69) is 75.9 Å². The van der Waals surface area contributed by atoms with E-state index >= 15 is 0 Å². The summed E-state index contributed by atoms with van der Waals surface area (Å²) in [5.41, 5.74) is 4.77. The summed E-state index contributed by atoms with van der Waals surface area (Å²) in [6.45, 7) is 14.2. The summed E-state index contributed by atoms with van der Waals surface area (Å²) < 4.78 is 1.15. The second-order valence-electron chi connectivity index (χ2n) is 8.24. The summed E-state index contributed by atoms with van der Waals surface area (Å²) >= 11 is 3.45. The first-order valence-corrected chi connectivity index (χ1v) is 13.3. The van der Waals surface area contributed by atoms with Gasteiger partial charge in [-0.15, -0.1) is 11.8 Å². The molecule has 1 amide bonds. The van der Waals surface area contributed by atoms with E-state index in [4.69, 9.17) is 4.98 Å². The molecular formula is C26H35N3OS2. The molecule has 0 bridgehead atoms. The molecule has 4 nitrogen and oxygen atoms in total. The van der Waals surface area contributed by atoms with Gasteiger partial charge in [0.25, 0.3) is 0 Å². The van der Waals surface area contributed by atoms with E-state index < -0.39 is 0 Å². The first kappa shape index (κ1) is 24.7. The first-order chi connectivity index (χ1) is 15.4. The number of rotatable bonds is 11. The third-order valence-corrected chi connectivity index (χ3v) is 8.02. The molecule has 3 rings (SSSR count). The van der Waals surface area contributed by atoms with Gasteiger partial charge < -0.3 is 4.90 Å². The van der Waals surface area contributed by atoms with Crippen LogP contribution in [0.15, 0.2) is 41.3 Å². The molecule has 0 unspecified atom stereocenters. The van der Waals surface area contributed by atoms with Gasteiger partial charge >= 0.3 is 0 Å². The maximum absolute atomic E-state index is 13.3. The average molecular weight is 470 g/mol. The fourth-order valence-electron chi connectivity index (χ4n) is 3.57. The summed E-state index contributed by atoms with van der Waals surface area (Å²) in [6.07, 6.45) is 1.41. The number of hydrogen-bond donors (Lipinski definition) is 0. The van der Waals surface area contributed by atoms with Crippen LogP contribution in [0, 0.1) is 20.8 Å². The number of carbonyl (C=O) groups excluding carboxylic acids is 1. The molecule has 0 N–H and O–H groups in total. The Bertz CT molecular complexity index is 986. The standard InChI is InChI=1S/C26H35N3OS2/c1-6-28(7-2)14-15-29(26-27-23-17-20(4)21(5)18-24(23)32-26)25(30)9-8-16-31-22-12-10-19(3)11-13-22/h10-13,17-18H,6-9,14-16H2,1-5H3. The molecule has 0 aliphatic carbocycles. The Hall–Kier alpha value is -1.89. The number of thioether (sulfide) groups is 1. The van der Waals surface area contributed by atoms with Gasteiger partial charge in [-0.3, -0.25) is 9.69 Å². The lowest BCUT2D eigenvalue weighted by molar-refractivity contribution is -0.118. The number of amides is 1. The van der Waals surface area contributed by atoms with Crippen LogP contribution in [0.1, 0.15) is 43.4 Å². The van der Waals surface area contributed by atoms with E-state index in [0.29, 0.717) is 13.0 Å². The smallest absolute Gasteiger partial charge is 0.228 e. The number of anilines is 1. The highest BCUT2D eigenvalue weighted by Gasteiger charge is 2.20. The Morgan fingerprint density at radius 2 is 1.69 bits per heavy atom. The number of aromatic nitrogens is 1. The highest BCUT2D eigenvalue weighted by atomic mass is 32.2. The van der Waals surface area contributed by atoms with Crippen molar-refractivity contribution in [3.63, 3.8) is 0 Å². The predicted molar refractivity (Wildman–Crippen MR) is 140 cm³/mol. The number of fused-ring (bicyclic) bond motifs is 1. The normalized spacial score (nSPS) is 11.4. The van der Waals surface area contributed by atoms with Gasteiger partial charge in [-0.1, -0.05) is 42.9 Å². The van der Waals surface area contributed by atoms with Crippen LogP contribution in [0.4, 0.5) is 5.13 Å². The maximum Gasteiger partial charge on any atom is 0.228 e. The van der Waals surface area contributed by atoms with Gasteiger partial charge in [-0.2, -0.15) is 0 Å². The van der Waals surface area contributed by atoms with Crippen LogP contribution < -0.4 is 4.90 Å². The zero-order valence-corrected chi connectivity index (χ0v) is 21.6. The number of nitrogens with zero attached hydrogens (tertiary/aromatic N) is 3. The summed E-state index contributed by atoms with van der Waals surface area (Å²) in [4.78, 5) is 23.7. The van der Waals surface area contributed by atoms with Crippen LogP contribution in [0.2, 0.25) is 0 Å². The largest absolute Gasteiger partial charge is 0.302 e. The van der Waals surface area contributed by atoms with Crippen molar-refractivity contribution in [2.24, 2.45) is 0 Å². The fraction of sp³-hybridized carbons (Fsp3) is 0.462. The van der Waals surface area contributed by atoms with E-state index in [-0.39, 0.29) is 5.91 Å². The molecule has 0 spiro atoms. The molecule has 2 aromatic carbocycles. The molecule has 0 aliphatic heterocycles. The van der Waals surface area contributed by atoms with Crippen molar-refractivity contribution in [3.8, 4) is 0 Å². The summed E-state index contributed by atoms with van der Waals surface area (Å²) in [6, 6.07) is 12.9. The Balaban J connectivity index is 1.68. The predicted octanol–water partition coefficient (Wildman–Crippen LogP) is 6.47. The highest BCUT2D eigenvalue weighted by molar-refractivity contribution is 7.99. The Morgan fingerprint density at radius 1 is 1.00 bits per heavy atom. The minimum absolute atomic E-state index is 0.175. The summed E-state index contributed by atoms with van der Waals surface area (Å²) in [5.74, 6) is 1.12. The number of thiazole rings is 1. The molecule has 3 aromatic rings. The van der Waals surface area contributed by atoms with Crippen molar-refractivity contribution in [2.45, 2.75) is 52.4 Å². The van der Waals surface area contributed by atoms with Crippen LogP contribution in [0.3, 0.4) is 0 Å². The second kappa shape index (κ2) is 11.8. The first-order valence-electron chi connectivity index (χ1n) is 11.5. The molecule has 0 atom stereocenters. The quantitative estimate of drug-likeness (QED) is 0.238. The molecule has 0 saturated heterocycles. The maximum atomic E-state index is 13.3. The van der Waals surface area contributed by atoms with Crippen LogP contribution >= 0.6 is 23.1 Å². The number of carbonyl (C=O) groups is 1. The van der Waals surface area contributed by atoms with Gasteiger partial charge in [-0.05, 0) is 81.4 Å². The van der Waals surface area contributed by atoms with Crippen LogP contribution in [0.25, 0.3) is 10.2 Å². The number of hydrogen-bond acceptors (Lipinski definition) is 5. The van der Waals surface area contributed by atoms with Gasteiger partial charge in [0.1, 0.15) is 0 Å². The van der Waals surface area contributed by atoms with Crippen molar-refractivity contribution < 1.29 is 4.79 Å². The minimum atomic E-state index is 0.175. The summed E-state index contributed by atoms with van der Waals surface area (Å²) in [5, 5.41) is 0.827. The van der Waals surface area contributed by atoms with Crippen LogP contribution in [-0.2, 0) is 4.79 Å². The lowest BCUT2D eigenvalue weighted by atomic mass is 10.1. The molecule has 32 heavy (non-hydrogen) atoms. The molecule has 0 saturated carbocycles. The van der Waals surface area contributed by atoms with Gasteiger partial charge in [-0.25, -0.2) is 4.98 Å². The van der Waals surface area contributed by atoms with Crippen molar-refractivity contribution in [1.82, 2.24) is 9.88 Å². The second-order valence-corrected chi connectivity index (χ2v) is 10.4. The third kappa shape index (κ3) is 6.56. The number of aryl methyl sites for hydroxylation is 3. The number of likely N-dealkylation sites (N-methyl/N-ethyl adjacent to an activating group) is 1. The topological polar surface area (TPSA) is 36.4 Å². The molecule has 172 valence electrons. The van der Waals surface area contributed by atoms with Crippen molar-refractivity contribution in [1.29, 1.82) is 0 Å². The van der Waals surface area contributed by atoms with Gasteiger partial charge in [0.05, 0.1) is 10.2 Å². The van der Waals surface area contributed by atoms with Crippen LogP contribution in [0.5, 0.6) is 0 Å². The lowest BCUT2D eigenvalue weighted by Gasteiger charge is -2.24. The molecule has 1 heterocycles. The third-order valence-electron chi connectivity index (χ3n) is 5.88. The zero-order valence-electron chi connectivity index (χ0n) is 20.0. The van der Waals surface area contributed by atoms with E-state index in [1.54, 1.807) is 11.3 Å². The highest BCUT2D eigenvalue weighted by Crippen LogP contribution is 2.31. The summed E-state index contributed by atoms with van der Waals surface area (Å²) in [7, 11) is 0. The molecule has 0 radical (unpaired) electrons. The van der Waals surface area contributed by atoms with E-state index in [9.17, 15) is 4.79 Å². The Labute approximate surface area is 201 Å². The fourth-order valence-corrected chi connectivity index (χ4v) is 5.52. The van der Waals surface area contributed by atoms with Gasteiger partial charge in [0.2, 0.25) is 5.91 Å². The lowest BCUT2D eigenvalue weighted by Crippen LogP contribution is -2.38. The van der Waals surface area contributed by atoms with E-state index in [0.717, 1.165) is 47.2 Å². The minimum Gasteiger partial charge on any atom is -0.302 e. The molecule has 6 heteroatoms. The Kier molecular flexibility index (Phi) is 9.14. The van der Waals surface area contributed by atoms with Crippen molar-refractivity contribution in [2.75, 3.05) is 36.8 Å². The zero-order chi connectivity index (χ0) is 23.1. The molecular weight excluding hydrogens is 434 g/mol. The number of benzene rings is 2. The van der Waals surface area contributed by atoms with Gasteiger partial charge in [0.15, 0.2) is 5.13 Å². The monoisotopic (exact) mass is 469 g/mol. The molecule has 1 aromatic heterocycles. The Morgan fingerprint density at radius 3 is 2.38 bits per heavy atom. The van der Waals surface area contributed by atoms with Crippen molar-refractivity contribution in [3.05, 3.63) is 53.1 Å². The average Bonchev–Trinajstić information content (AvgIpc) is 3.18. The molecule has 0 aliphatic rings. The van der Waals surface area contributed by atoms with E-state index in [1.807, 2.05) is 16.7 Å². The van der Waals surface area contributed by atoms with Gasteiger partial charge in [0, 0.05) is 24.4 Å².